The number of para-hydroxylation sites is 1. The van der Waals surface area contributed by atoms with E-state index in [4.69, 9.17) is 0 Å². The maximum absolute atomic E-state index is 14.4. The van der Waals surface area contributed by atoms with Crippen molar-refractivity contribution in [1.29, 1.82) is 0 Å². The van der Waals surface area contributed by atoms with Gasteiger partial charge in [0.15, 0.2) is 0 Å². The van der Waals surface area contributed by atoms with Crippen LogP contribution in [0.5, 0.6) is 0 Å². The standard InChI is InChI=1S/C29H37N3O4S/c1-6-19(18-33)32-23-26(36)31(27(2,3)4)17-11-15-29(23)22(25(32)35)21-24(34)30(20-12-8-7-9-13-20)16-10-14-28(21,5)37-29/h7-15,19,21-23,33H,6,16-18H2,1-5H3/t19-,21+,22-,23?,28-,29-/m0/s1. The lowest BCUT2D eigenvalue weighted by atomic mass is 9.74. The minimum Gasteiger partial charge on any atom is -0.394 e. The first kappa shape index (κ1) is 26.0. The lowest BCUT2D eigenvalue weighted by Crippen LogP contribution is -2.59. The molecule has 1 spiro atoms. The maximum atomic E-state index is 14.4. The summed E-state index contributed by atoms with van der Waals surface area (Å²) in [5.41, 5.74) is 0.345. The summed E-state index contributed by atoms with van der Waals surface area (Å²) in [6.07, 6.45) is 8.63. The molecule has 1 aromatic rings. The van der Waals surface area contributed by atoms with Gasteiger partial charge in [0.2, 0.25) is 17.7 Å². The van der Waals surface area contributed by atoms with Gasteiger partial charge in [-0.3, -0.25) is 14.4 Å². The zero-order valence-electron chi connectivity index (χ0n) is 22.3. The van der Waals surface area contributed by atoms with Crippen LogP contribution < -0.4 is 4.90 Å². The summed E-state index contributed by atoms with van der Waals surface area (Å²) < 4.78 is -1.57. The highest BCUT2D eigenvalue weighted by Gasteiger charge is 2.74. The Kier molecular flexibility index (Phi) is 6.35. The molecule has 6 atom stereocenters. The highest BCUT2D eigenvalue weighted by Crippen LogP contribution is 2.66. The van der Waals surface area contributed by atoms with Crippen LogP contribution in [0.15, 0.2) is 54.6 Å². The van der Waals surface area contributed by atoms with Gasteiger partial charge in [0.05, 0.1) is 29.2 Å². The number of fused-ring (bicyclic) bond motifs is 2. The monoisotopic (exact) mass is 523 g/mol. The number of hydrogen-bond donors (Lipinski definition) is 1. The number of aliphatic hydroxyl groups is 1. The van der Waals surface area contributed by atoms with E-state index in [-0.39, 0.29) is 24.3 Å². The number of amides is 3. The second-order valence-electron chi connectivity index (χ2n) is 11.7. The van der Waals surface area contributed by atoms with Gasteiger partial charge in [0.1, 0.15) is 6.04 Å². The van der Waals surface area contributed by atoms with E-state index in [0.717, 1.165) is 5.69 Å². The molecule has 1 aromatic carbocycles. The first-order valence-electron chi connectivity index (χ1n) is 13.2. The molecular weight excluding hydrogens is 486 g/mol. The Labute approximate surface area is 223 Å². The Bertz CT molecular complexity index is 1160. The molecule has 0 bridgehead atoms. The van der Waals surface area contributed by atoms with E-state index in [1.165, 1.54) is 0 Å². The first-order chi connectivity index (χ1) is 17.5. The van der Waals surface area contributed by atoms with Gasteiger partial charge in [-0.1, -0.05) is 49.4 Å². The van der Waals surface area contributed by atoms with Gasteiger partial charge >= 0.3 is 0 Å². The minimum atomic E-state index is -0.907. The molecule has 3 amide bonds. The Hall–Kier alpha value is -2.58. The molecule has 4 aliphatic heterocycles. The second-order valence-corrected chi connectivity index (χ2v) is 13.5. The SMILES string of the molecule is CC[C@@H](CO)N1C(=O)[C@@H]2[C@@H]3C(=O)N(c4ccccc4)CC=C[C@]3(C)S[C@@]23C=CCN(C(C)(C)C)C(=O)C13. The zero-order valence-corrected chi connectivity index (χ0v) is 23.1. The van der Waals surface area contributed by atoms with Crippen LogP contribution >= 0.6 is 11.8 Å². The normalized spacial score (nSPS) is 34.3. The van der Waals surface area contributed by atoms with E-state index in [9.17, 15) is 19.5 Å². The third kappa shape index (κ3) is 3.78. The van der Waals surface area contributed by atoms with Crippen LogP contribution in [0.4, 0.5) is 5.69 Å². The molecule has 7 nitrogen and oxygen atoms in total. The van der Waals surface area contributed by atoms with Crippen molar-refractivity contribution in [3.63, 3.8) is 0 Å². The summed E-state index contributed by atoms with van der Waals surface area (Å²) in [5, 5.41) is 10.3. The van der Waals surface area contributed by atoms with Crippen molar-refractivity contribution in [3.8, 4) is 0 Å². The van der Waals surface area contributed by atoms with Crippen LogP contribution in [0.3, 0.4) is 0 Å². The molecule has 8 heteroatoms. The van der Waals surface area contributed by atoms with E-state index in [2.05, 4.69) is 6.08 Å². The lowest BCUT2D eigenvalue weighted by molar-refractivity contribution is -0.148. The van der Waals surface area contributed by atoms with E-state index < -0.39 is 39.0 Å². The number of thioether (sulfide) groups is 1. The number of hydrogen-bond acceptors (Lipinski definition) is 5. The van der Waals surface area contributed by atoms with Gasteiger partial charge in [-0.15, -0.1) is 11.8 Å². The highest BCUT2D eigenvalue weighted by molar-refractivity contribution is 8.02. The Morgan fingerprint density at radius 2 is 1.68 bits per heavy atom. The predicted octanol–water partition coefficient (Wildman–Crippen LogP) is 3.24. The van der Waals surface area contributed by atoms with Gasteiger partial charge in [0, 0.05) is 29.1 Å². The average Bonchev–Trinajstić information content (AvgIpc) is 3.11. The van der Waals surface area contributed by atoms with Crippen LogP contribution in [0.25, 0.3) is 0 Å². The van der Waals surface area contributed by atoms with E-state index in [1.54, 1.807) is 21.6 Å². The molecule has 4 heterocycles. The highest BCUT2D eigenvalue weighted by atomic mass is 32.2. The molecule has 2 fully saturated rings. The smallest absolute Gasteiger partial charge is 0.247 e. The number of benzene rings is 1. The first-order valence-corrected chi connectivity index (χ1v) is 14.0. The third-order valence-corrected chi connectivity index (χ3v) is 10.2. The fourth-order valence-corrected chi connectivity index (χ4v) is 8.86. The van der Waals surface area contributed by atoms with E-state index in [1.807, 2.05) is 88.1 Å². The molecule has 37 heavy (non-hydrogen) atoms. The fraction of sp³-hybridized carbons (Fsp3) is 0.552. The van der Waals surface area contributed by atoms with Gasteiger partial charge in [-0.05, 0) is 46.2 Å². The molecule has 0 aromatic heterocycles. The summed E-state index contributed by atoms with van der Waals surface area (Å²) in [4.78, 5) is 48.3. The number of likely N-dealkylation sites (tertiary alicyclic amines) is 1. The minimum absolute atomic E-state index is 0.100. The molecule has 1 unspecified atom stereocenters. The summed E-state index contributed by atoms with van der Waals surface area (Å²) in [5.74, 6) is -1.79. The second kappa shape index (κ2) is 9.02. The average molecular weight is 524 g/mol. The number of aliphatic hydroxyl groups excluding tert-OH is 1. The van der Waals surface area contributed by atoms with Crippen molar-refractivity contribution in [2.24, 2.45) is 11.8 Å². The number of anilines is 1. The zero-order chi connectivity index (χ0) is 26.8. The molecule has 4 aliphatic rings. The predicted molar refractivity (Wildman–Crippen MR) is 146 cm³/mol. The Morgan fingerprint density at radius 1 is 1.00 bits per heavy atom. The largest absolute Gasteiger partial charge is 0.394 e. The molecule has 198 valence electrons. The Balaban J connectivity index is 1.68. The summed E-state index contributed by atoms with van der Waals surface area (Å²) >= 11 is 1.58. The number of nitrogens with zero attached hydrogens (tertiary/aromatic N) is 3. The van der Waals surface area contributed by atoms with Crippen molar-refractivity contribution in [1.82, 2.24) is 9.80 Å². The van der Waals surface area contributed by atoms with E-state index in [0.29, 0.717) is 19.5 Å². The summed E-state index contributed by atoms with van der Waals surface area (Å²) in [6, 6.07) is 8.25. The molecule has 0 aliphatic carbocycles. The van der Waals surface area contributed by atoms with Crippen molar-refractivity contribution < 1.29 is 19.5 Å². The van der Waals surface area contributed by atoms with E-state index >= 15 is 0 Å². The van der Waals surface area contributed by atoms with Gasteiger partial charge in [-0.25, -0.2) is 0 Å². The van der Waals surface area contributed by atoms with Gasteiger partial charge in [-0.2, -0.15) is 0 Å². The third-order valence-electron chi connectivity index (χ3n) is 8.45. The lowest BCUT2D eigenvalue weighted by Gasteiger charge is -2.42. The number of carbonyl (C=O) groups is 3. The van der Waals surface area contributed by atoms with Crippen molar-refractivity contribution in [2.75, 3.05) is 24.6 Å². The molecule has 1 N–H and O–H groups in total. The quantitative estimate of drug-likeness (QED) is 0.613. The molecule has 0 radical (unpaired) electrons. The van der Waals surface area contributed by atoms with Crippen LogP contribution in [0.1, 0.15) is 41.0 Å². The van der Waals surface area contributed by atoms with Crippen LogP contribution in [-0.4, -0.2) is 79.4 Å². The number of rotatable bonds is 4. The van der Waals surface area contributed by atoms with Gasteiger partial charge < -0.3 is 19.8 Å². The fourth-order valence-electron chi connectivity index (χ4n) is 6.71. The molecular formula is C29H37N3O4S. The van der Waals surface area contributed by atoms with Crippen LogP contribution in [0.2, 0.25) is 0 Å². The molecule has 0 saturated carbocycles. The van der Waals surface area contributed by atoms with Gasteiger partial charge in [0.25, 0.3) is 0 Å². The van der Waals surface area contributed by atoms with Crippen molar-refractivity contribution in [2.45, 2.75) is 68.2 Å². The van der Waals surface area contributed by atoms with Crippen molar-refractivity contribution >= 4 is 35.2 Å². The topological polar surface area (TPSA) is 81.2 Å². The molecule has 5 rings (SSSR count). The van der Waals surface area contributed by atoms with Crippen LogP contribution in [-0.2, 0) is 14.4 Å². The van der Waals surface area contributed by atoms with Crippen molar-refractivity contribution in [3.05, 3.63) is 54.6 Å². The summed E-state index contributed by atoms with van der Waals surface area (Å²) in [7, 11) is 0. The maximum Gasteiger partial charge on any atom is 0.247 e. The Morgan fingerprint density at radius 3 is 2.30 bits per heavy atom. The van der Waals surface area contributed by atoms with Crippen LogP contribution in [0, 0.1) is 11.8 Å². The molecule has 2 saturated heterocycles. The summed E-state index contributed by atoms with van der Waals surface area (Å²) in [6.45, 7) is 10.6. The number of carbonyl (C=O) groups excluding carboxylic acids is 3.